The molecule has 6 N–H and O–H groups in total. The minimum absolute atomic E-state index is 0.0660. The number of esters is 3. The Kier molecular flexibility index (Phi) is 29.3. The summed E-state index contributed by atoms with van der Waals surface area (Å²) in [5.74, 6) is -3.96. The summed E-state index contributed by atoms with van der Waals surface area (Å²) in [5.41, 5.74) is 5.03. The van der Waals surface area contributed by atoms with Gasteiger partial charge in [0.15, 0.2) is 11.9 Å². The summed E-state index contributed by atoms with van der Waals surface area (Å²) in [6.07, 6.45) is -0.155. The fraction of sp³-hybridized carbons (Fsp3) is 0.545. The second kappa shape index (κ2) is 35.4. The number of anilines is 1. The number of hydrogen-bond donors (Lipinski definition) is 5. The Balaban J connectivity index is 1.56. The van der Waals surface area contributed by atoms with Crippen LogP contribution in [-0.4, -0.2) is 124 Å². The van der Waals surface area contributed by atoms with E-state index in [1.807, 2.05) is 0 Å². The summed E-state index contributed by atoms with van der Waals surface area (Å²) >= 11 is 7.22. The van der Waals surface area contributed by atoms with E-state index in [9.17, 15) is 43.6 Å². The molecule has 506 valence electrons. The molecule has 4 rings (SSSR count). The van der Waals surface area contributed by atoms with Crippen LogP contribution in [0.2, 0.25) is 5.02 Å². The molecule has 0 radical (unpaired) electrons. The second-order valence-electron chi connectivity index (χ2n) is 25.9. The summed E-state index contributed by atoms with van der Waals surface area (Å²) in [4.78, 5) is 119. The number of unbranched alkanes of at least 4 members (excludes halogenated alkanes) is 3. The van der Waals surface area contributed by atoms with Crippen LogP contribution in [0.25, 0.3) is 27.4 Å². The average molecular weight is 1330 g/mol. The molecule has 2 aromatic heterocycles. The Morgan fingerprint density at radius 3 is 1.87 bits per heavy atom. The first-order valence-corrected chi connectivity index (χ1v) is 31.8. The average Bonchev–Trinajstić information content (AvgIpc) is 0.954. The van der Waals surface area contributed by atoms with Crippen molar-refractivity contribution in [2.24, 2.45) is 5.92 Å². The third-order valence-corrected chi connectivity index (χ3v) is 14.0. The van der Waals surface area contributed by atoms with Gasteiger partial charge in [0.2, 0.25) is 17.5 Å². The van der Waals surface area contributed by atoms with E-state index in [0.717, 1.165) is 11.8 Å². The van der Waals surface area contributed by atoms with Crippen LogP contribution in [0.4, 0.5) is 25.9 Å². The van der Waals surface area contributed by atoms with Crippen LogP contribution in [0, 0.1) is 23.8 Å². The number of amides is 4. The fourth-order valence-electron chi connectivity index (χ4n) is 8.57. The van der Waals surface area contributed by atoms with Crippen LogP contribution >= 0.6 is 23.4 Å². The minimum atomic E-state index is -1.37. The van der Waals surface area contributed by atoms with E-state index in [1.165, 1.54) is 32.2 Å². The van der Waals surface area contributed by atoms with E-state index < -0.39 is 114 Å². The predicted octanol–water partition coefficient (Wildman–Crippen LogP) is 12.1. The lowest BCUT2D eigenvalue weighted by Crippen LogP contribution is -2.52. The molecule has 2 heterocycles. The van der Waals surface area contributed by atoms with Crippen LogP contribution in [0.15, 0.2) is 64.2 Å². The highest BCUT2D eigenvalue weighted by molar-refractivity contribution is 7.98. The van der Waals surface area contributed by atoms with E-state index >= 15 is 0 Å². The maximum Gasteiger partial charge on any atom is 0.408 e. The first-order valence-electron chi connectivity index (χ1n) is 30.5. The maximum absolute atomic E-state index is 14.0. The Morgan fingerprint density at radius 2 is 1.28 bits per heavy atom. The first-order chi connectivity index (χ1) is 43.4. The molecule has 2 aromatic carbocycles. The molecule has 4 aromatic rings. The Bertz CT molecular complexity index is 3300. The third kappa shape index (κ3) is 28.4. The monoisotopic (exact) mass is 1330 g/mol. The molecule has 4 amide bonds. The zero-order valence-corrected chi connectivity index (χ0v) is 57.0. The van der Waals surface area contributed by atoms with Crippen LogP contribution in [0.5, 0.6) is 5.75 Å². The predicted molar refractivity (Wildman–Crippen MR) is 348 cm³/mol. The molecule has 0 unspecified atom stereocenters. The van der Waals surface area contributed by atoms with Gasteiger partial charge in [-0.25, -0.2) is 34.0 Å². The van der Waals surface area contributed by atoms with Gasteiger partial charge in [-0.05, 0) is 164 Å². The van der Waals surface area contributed by atoms with Crippen molar-refractivity contribution in [3.05, 3.63) is 82.5 Å². The summed E-state index contributed by atoms with van der Waals surface area (Å²) in [7, 11) is 0. The van der Waals surface area contributed by atoms with Crippen molar-refractivity contribution < 1.29 is 75.9 Å². The van der Waals surface area contributed by atoms with Crippen molar-refractivity contribution in [1.29, 1.82) is 5.26 Å². The number of nitrogens with two attached hydrogens (primary N) is 1. The molecular formula is C66H88ClN9O16S. The van der Waals surface area contributed by atoms with Gasteiger partial charge in [-0.2, -0.15) is 5.26 Å². The molecule has 0 saturated heterocycles. The Labute approximate surface area is 553 Å². The van der Waals surface area contributed by atoms with Crippen molar-refractivity contribution in [1.82, 2.24) is 31.2 Å². The number of Topliss-reactive ketones (excluding diaryl/α,β-unsaturated/α-hetero) is 1. The Hall–Kier alpha value is -8.62. The lowest BCUT2D eigenvalue weighted by molar-refractivity contribution is -0.164. The number of carbonyl (C=O) groups is 8. The summed E-state index contributed by atoms with van der Waals surface area (Å²) < 4.78 is 44.8. The number of nitriles is 1. The number of oxazole rings is 1. The SMILES string of the molecule is [C-]#[N+]c1c(N)nc(SCc2coc(-c3ccc(Cl)cc3)n2)c(C#N)c1-c1ccc(OC[C@@H](COC(=O)[C@H](C)CC(=O)[C@H](CCCCNC(=O)OC(C)(C)C)NC(=O)OC(C)(C)C)OC(=O)[C@H](C)NC(=O)[C@H](CCCCCC(=O)OC(C)(C)C)NC(=O)OC(C)(C)C)cc1. The van der Waals surface area contributed by atoms with E-state index in [0.29, 0.717) is 59.8 Å². The fourth-order valence-corrected chi connectivity index (χ4v) is 9.57. The molecule has 27 heteroatoms. The molecule has 0 saturated carbocycles. The quantitative estimate of drug-likeness (QED) is 0.0103. The number of hydrogen-bond acceptors (Lipinski definition) is 21. The molecule has 25 nitrogen and oxygen atoms in total. The number of alkyl carbamates (subject to hydrolysis) is 3. The lowest BCUT2D eigenvalue weighted by atomic mass is 9.97. The zero-order chi connectivity index (χ0) is 69.4. The van der Waals surface area contributed by atoms with Gasteiger partial charge in [-0.3, -0.25) is 19.2 Å². The van der Waals surface area contributed by atoms with Crippen molar-refractivity contribution in [2.45, 2.75) is 212 Å². The number of rotatable bonds is 31. The number of nitrogens with zero attached hydrogens (tertiary/aromatic N) is 4. The third-order valence-electron chi connectivity index (χ3n) is 12.8. The molecule has 5 atom stereocenters. The number of thioether (sulfide) groups is 1. The van der Waals surface area contributed by atoms with Gasteiger partial charge < -0.3 is 64.6 Å². The van der Waals surface area contributed by atoms with E-state index in [-0.39, 0.29) is 70.9 Å². The van der Waals surface area contributed by atoms with Gasteiger partial charge >= 0.3 is 36.2 Å². The second-order valence-corrected chi connectivity index (χ2v) is 27.3. The molecule has 0 aliphatic carbocycles. The number of nitrogens with one attached hydrogen (secondary N) is 4. The highest BCUT2D eigenvalue weighted by Crippen LogP contribution is 2.42. The van der Waals surface area contributed by atoms with Crippen molar-refractivity contribution in [2.75, 3.05) is 25.5 Å². The van der Waals surface area contributed by atoms with Gasteiger partial charge in [0.05, 0.1) is 29.8 Å². The summed E-state index contributed by atoms with van der Waals surface area (Å²) in [6, 6.07) is 11.7. The number of benzene rings is 2. The highest BCUT2D eigenvalue weighted by atomic mass is 35.5. The molecule has 93 heavy (non-hydrogen) atoms. The smallest absolute Gasteiger partial charge is 0.408 e. The number of carbonyl (C=O) groups excluding carboxylic acids is 8. The molecular weight excluding hydrogens is 1240 g/mol. The van der Waals surface area contributed by atoms with Crippen molar-refractivity contribution >= 4 is 82.7 Å². The highest BCUT2D eigenvalue weighted by Gasteiger charge is 2.32. The van der Waals surface area contributed by atoms with Crippen LogP contribution in [0.1, 0.15) is 166 Å². The zero-order valence-electron chi connectivity index (χ0n) is 55.5. The van der Waals surface area contributed by atoms with Crippen LogP contribution in [0.3, 0.4) is 0 Å². The standard InChI is InChI=1S/C66H88ClN9O16S/c1-39(33-50(77)48(74-61(83)91-65(9,10)11)21-19-20-32-71-60(82)90-64(6,7)8)58(80)87-37-46(88-59(81)40(2)72-55(79)49(75-62(84)92-66(12,13)14)22-17-16-18-23-51(78)89-63(3,4)5)36-85-45-30-26-41(27-31-45)52-47(34-68)57(76-54(69)53(52)70-15)93-38-44-35-86-56(73-44)42-24-28-43(67)29-25-42/h24-31,35,39-40,46,48-49H,16-23,32-33,36-38H2,1-14H3,(H2,69,76)(H,71,82)(H,72,79)(H,74,83)(H,75,84)/t39-,40+,46+,48+,49+/m1/s1. The lowest BCUT2D eigenvalue weighted by Gasteiger charge is -2.25. The van der Waals surface area contributed by atoms with Gasteiger partial charge in [-0.1, -0.05) is 55.3 Å². The van der Waals surface area contributed by atoms with E-state index in [2.05, 4.69) is 42.1 Å². The van der Waals surface area contributed by atoms with E-state index in [1.54, 1.807) is 119 Å². The first kappa shape index (κ1) is 76.8. The van der Waals surface area contributed by atoms with Crippen molar-refractivity contribution in [3.8, 4) is 34.4 Å². The van der Waals surface area contributed by atoms with Crippen molar-refractivity contribution in [3.63, 3.8) is 0 Å². The topological polar surface area (TPSA) is 342 Å². The number of pyridine rings is 1. The van der Waals surface area contributed by atoms with Gasteiger partial charge in [-0.15, -0.1) is 0 Å². The van der Waals surface area contributed by atoms with Crippen LogP contribution < -0.4 is 31.7 Å². The number of nitrogen functional groups attached to an aromatic ring is 1. The minimum Gasteiger partial charge on any atom is -0.490 e. The van der Waals surface area contributed by atoms with Gasteiger partial charge in [0.1, 0.15) is 76.6 Å². The molecule has 0 fully saturated rings. The summed E-state index contributed by atoms with van der Waals surface area (Å²) in [6.45, 7) is 30.4. The number of halogens is 1. The molecule has 0 bridgehead atoms. The summed E-state index contributed by atoms with van der Waals surface area (Å²) in [5, 5.41) is 21.7. The molecule has 0 aliphatic heterocycles. The number of aromatic nitrogens is 2. The number of ether oxygens (including phenoxy) is 7. The van der Waals surface area contributed by atoms with Crippen LogP contribution in [-0.2, 0) is 58.1 Å². The van der Waals surface area contributed by atoms with E-state index in [4.69, 9.17) is 61.5 Å². The molecule has 0 aliphatic rings. The normalized spacial score (nSPS) is 13.2. The Morgan fingerprint density at radius 1 is 0.710 bits per heavy atom. The largest absolute Gasteiger partial charge is 0.490 e. The maximum atomic E-state index is 14.0. The number of ketones is 1. The van der Waals surface area contributed by atoms with Gasteiger partial charge in [0, 0.05) is 41.3 Å². The molecule has 0 spiro atoms. The van der Waals surface area contributed by atoms with Gasteiger partial charge in [0.25, 0.3) is 0 Å².